The summed E-state index contributed by atoms with van der Waals surface area (Å²) in [5.41, 5.74) is 0. The summed E-state index contributed by atoms with van der Waals surface area (Å²) >= 11 is 0. The van der Waals surface area contributed by atoms with Crippen molar-refractivity contribution in [3.05, 3.63) is 21.6 Å². The van der Waals surface area contributed by atoms with E-state index in [9.17, 15) is 0 Å². The quantitative estimate of drug-likeness (QED) is 0.429. The Morgan fingerprint density at radius 2 is 1.43 bits per heavy atom. The van der Waals surface area contributed by atoms with Crippen LogP contribution in [0.15, 0.2) is 21.6 Å². The Bertz CT molecular complexity index is 411. The summed E-state index contributed by atoms with van der Waals surface area (Å²) in [6.45, 7) is 0. The summed E-state index contributed by atoms with van der Waals surface area (Å²) in [4.78, 5) is 0. The van der Waals surface area contributed by atoms with Gasteiger partial charge < -0.3 is 0 Å². The molecule has 0 amide bonds. The van der Waals surface area contributed by atoms with Crippen LogP contribution >= 0.6 is 25.7 Å². The zero-order valence-electron chi connectivity index (χ0n) is 9.57. The molecule has 1 rings (SSSR count). The van der Waals surface area contributed by atoms with Crippen molar-refractivity contribution in [2.45, 2.75) is 29.8 Å². The minimum absolute atomic E-state index is 0.725. The summed E-state index contributed by atoms with van der Waals surface area (Å²) in [7, 11) is 15.0. The van der Waals surface area contributed by atoms with Crippen LogP contribution in [0.4, 0.5) is 0 Å². The molecule has 0 saturated heterocycles. The van der Waals surface area contributed by atoms with E-state index >= 15 is 0 Å². The van der Waals surface area contributed by atoms with Gasteiger partial charge in [-0.05, 0) is 0 Å². The van der Waals surface area contributed by atoms with Crippen LogP contribution in [0.2, 0.25) is 23.4 Å². The maximum absolute atomic E-state index is 7.01. The van der Waals surface area contributed by atoms with Gasteiger partial charge in [0.25, 0.3) is 0 Å². The first-order chi connectivity index (χ1) is 5.18. The first-order valence-electron chi connectivity index (χ1n) is 5.03. The van der Waals surface area contributed by atoms with Crippen LogP contribution < -0.4 is 0 Å². The van der Waals surface area contributed by atoms with Gasteiger partial charge >= 0.3 is 86.2 Å². The molecule has 0 nitrogen and oxygen atoms in total. The molecule has 85 valence electrons. The van der Waals surface area contributed by atoms with Crippen LogP contribution in [-0.4, -0.2) is 0 Å². The standard InChI is InChI=1S/C5H5.5CH3.3ClH.Hf/c1-2-4-5-3-1;;;;;;;;;/h1-3H,4H2;5*1H3;3*1H;/q;;;;;;;;;+3/p-3. The summed E-state index contributed by atoms with van der Waals surface area (Å²) < 4.78 is 10.0. The van der Waals surface area contributed by atoms with Gasteiger partial charge in [-0.15, -0.1) is 0 Å². The monoisotopic (exact) mass is 425 g/mol. The van der Waals surface area contributed by atoms with Crippen LogP contribution in [0.1, 0.15) is 6.42 Å². The van der Waals surface area contributed by atoms with Crippen LogP contribution in [0.5, 0.6) is 0 Å². The molecule has 0 unspecified atom stereocenters. The molecule has 0 saturated carbocycles. The van der Waals surface area contributed by atoms with E-state index in [0.29, 0.717) is 0 Å². The van der Waals surface area contributed by atoms with Gasteiger partial charge in [0.1, 0.15) is 0 Å². The molecule has 0 heterocycles. The second kappa shape index (κ2) is 1.27. The Morgan fingerprint density at radius 3 is 1.57 bits per heavy atom. The van der Waals surface area contributed by atoms with Gasteiger partial charge in [0.15, 0.2) is 0 Å². The Morgan fingerprint density at radius 1 is 1.00 bits per heavy atom. The van der Waals surface area contributed by atoms with Gasteiger partial charge in [0.2, 0.25) is 0 Å². The Balaban J connectivity index is 3.94. The molecule has 4 heteroatoms. The van der Waals surface area contributed by atoms with E-state index in [2.05, 4.69) is 0 Å². The van der Waals surface area contributed by atoms with Crippen LogP contribution in [0.3, 0.4) is 0 Å². The number of halogens is 3. The minimum atomic E-state index is -6.06. The zero-order valence-corrected chi connectivity index (χ0v) is 15.4. The Labute approximate surface area is 85.3 Å². The van der Waals surface area contributed by atoms with Gasteiger partial charge in [-0.2, -0.15) is 0 Å². The topological polar surface area (TPSA) is 0 Å². The van der Waals surface area contributed by atoms with E-state index in [1.807, 2.05) is 41.6 Å². The SMILES string of the molecule is [CH3][Hf]([CH3])([CH3])([CH3])([CH3])([Cl])([Cl])([Cl])[C]1=CC=CC1. The molecule has 1 aliphatic rings. The molecule has 1 aliphatic carbocycles. The van der Waals surface area contributed by atoms with Crippen molar-refractivity contribution in [2.24, 2.45) is 0 Å². The van der Waals surface area contributed by atoms with Crippen molar-refractivity contribution in [3.63, 3.8) is 0 Å². The molecule has 0 radical (unpaired) electrons. The van der Waals surface area contributed by atoms with Crippen molar-refractivity contribution in [3.8, 4) is 0 Å². The summed E-state index contributed by atoms with van der Waals surface area (Å²) in [5, 5.41) is 0. The van der Waals surface area contributed by atoms with Crippen molar-refractivity contribution < 1.29 is 9.08 Å². The molecule has 0 aromatic heterocycles. The predicted molar refractivity (Wildman–Crippen MR) is 68.7 cm³/mol. The molecule has 0 aromatic rings. The fourth-order valence-electron chi connectivity index (χ4n) is 1.58. The summed E-state index contributed by atoms with van der Waals surface area (Å²) in [6.07, 6.45) is 6.65. The van der Waals surface area contributed by atoms with Gasteiger partial charge in [-0.25, -0.2) is 0 Å². The molecule has 0 spiro atoms. The van der Waals surface area contributed by atoms with E-state index in [1.54, 1.807) is 0 Å². The zero-order chi connectivity index (χ0) is 11.7. The number of rotatable bonds is 1. The summed E-state index contributed by atoms with van der Waals surface area (Å²) in [6, 6.07) is 0. The number of allylic oxidation sites excluding steroid dienone is 4. The summed E-state index contributed by atoms with van der Waals surface area (Å²) in [5.74, 6) is 0. The van der Waals surface area contributed by atoms with Gasteiger partial charge in [-0.1, -0.05) is 0 Å². The Hall–Kier alpha value is 1.22. The first-order valence-corrected chi connectivity index (χ1v) is 38.1. The molecule has 14 heavy (non-hydrogen) atoms. The fraction of sp³-hybridized carbons (Fsp3) is 0.600. The molecule has 0 aromatic carbocycles. The van der Waals surface area contributed by atoms with Crippen LogP contribution in [0.25, 0.3) is 0 Å². The van der Waals surface area contributed by atoms with E-state index in [-0.39, 0.29) is 0 Å². The molecule has 0 aliphatic heterocycles. The normalized spacial score (nSPS) is 32.6. The molecular formula is C10H20Cl3Hf. The Kier molecular flexibility index (Phi) is 1.21. The predicted octanol–water partition coefficient (Wildman–Crippen LogP) is 6.36. The van der Waals surface area contributed by atoms with Gasteiger partial charge in [0, 0.05) is 0 Å². The van der Waals surface area contributed by atoms with Crippen LogP contribution in [-0.2, 0) is 9.08 Å². The third-order valence-corrected chi connectivity index (χ3v) is 24.2. The molecule has 0 N–H and O–H groups in total. The van der Waals surface area contributed by atoms with E-state index < -0.39 is 9.08 Å². The van der Waals surface area contributed by atoms with Crippen LogP contribution in [0, 0.1) is 0 Å². The average Bonchev–Trinajstić information content (AvgIpc) is 1.95. The maximum atomic E-state index is 7.01. The fourth-order valence-corrected chi connectivity index (χ4v) is 14.0. The van der Waals surface area contributed by atoms with Gasteiger partial charge in [-0.3, -0.25) is 0 Å². The second-order valence-corrected chi connectivity index (χ2v) is 147. The molecule has 0 bridgehead atoms. The van der Waals surface area contributed by atoms with Crippen molar-refractivity contribution in [2.75, 3.05) is 0 Å². The number of hydrogen-bond donors (Lipinski definition) is 0. The van der Waals surface area contributed by atoms with Crippen molar-refractivity contribution >= 4 is 25.7 Å². The molecule has 0 fully saturated rings. The average molecular weight is 425 g/mol. The first kappa shape index (κ1) is 13.3. The van der Waals surface area contributed by atoms with Crippen molar-refractivity contribution in [1.82, 2.24) is 0 Å². The third kappa shape index (κ3) is 3.37. The van der Waals surface area contributed by atoms with Crippen molar-refractivity contribution in [1.29, 1.82) is 0 Å². The van der Waals surface area contributed by atoms with E-state index in [4.69, 9.17) is 25.7 Å². The van der Waals surface area contributed by atoms with E-state index in [0.717, 1.165) is 9.75 Å². The molecule has 0 atom stereocenters. The third-order valence-electron chi connectivity index (χ3n) is 2.74. The van der Waals surface area contributed by atoms with Gasteiger partial charge in [0.05, 0.1) is 0 Å². The van der Waals surface area contributed by atoms with E-state index in [1.165, 1.54) is 0 Å². The second-order valence-electron chi connectivity index (χ2n) is 10.9. The number of hydrogen-bond acceptors (Lipinski definition) is 0. The molecular weight excluding hydrogens is 405 g/mol.